The van der Waals surface area contributed by atoms with Crippen LogP contribution in [0.3, 0.4) is 0 Å². The molecule has 15 heteroatoms. The van der Waals surface area contributed by atoms with Crippen molar-refractivity contribution in [2.75, 3.05) is 19.5 Å². The quantitative estimate of drug-likeness (QED) is 0.251. The van der Waals surface area contributed by atoms with E-state index < -0.39 is 71.8 Å². The summed E-state index contributed by atoms with van der Waals surface area (Å²) in [6.45, 7) is 4.18. The first-order chi connectivity index (χ1) is 19.9. The van der Waals surface area contributed by atoms with E-state index >= 15 is 0 Å². The zero-order valence-electron chi connectivity index (χ0n) is 23.9. The zero-order valence-corrected chi connectivity index (χ0v) is 24.7. The smallest absolute Gasteiger partial charge is 0.408 e. The molecular weight excluding hydrogens is 578 g/mol. The van der Waals surface area contributed by atoms with Crippen molar-refractivity contribution in [3.05, 3.63) is 35.9 Å². The zero-order chi connectivity index (χ0) is 31.2. The van der Waals surface area contributed by atoms with Gasteiger partial charge in [0.15, 0.2) is 18.3 Å². The van der Waals surface area contributed by atoms with Gasteiger partial charge in [-0.15, -0.1) is 11.8 Å². The standard InChI is InChI=1S/C27H35NO13S/c1-15(29)36-14-21-22(38-16(2)30)23(39-17(3)31)24(40-18(4)32)26(41-21)42-12-11-20(25(33)35-5)28-27(34)37-13-19-9-7-6-8-10-19/h6-10,20-24,26H,11-14H2,1-5H3,(H,28,34)/t20-,21+,22+,23-,24+,26-/m0/s1. The van der Waals surface area contributed by atoms with Crippen molar-refractivity contribution in [2.45, 2.75) is 76.6 Å². The molecule has 0 spiro atoms. The Morgan fingerprint density at radius 1 is 0.833 bits per heavy atom. The third-order valence-corrected chi connectivity index (χ3v) is 6.81. The predicted octanol–water partition coefficient (Wildman–Crippen LogP) is 1.66. The maximum Gasteiger partial charge on any atom is 0.408 e. The van der Waals surface area contributed by atoms with E-state index in [1.165, 1.54) is 14.0 Å². The molecule has 2 rings (SSSR count). The molecule has 0 aromatic heterocycles. The molecule has 1 amide bonds. The van der Waals surface area contributed by atoms with E-state index in [9.17, 15) is 28.8 Å². The second-order valence-electron chi connectivity index (χ2n) is 9.01. The fourth-order valence-electron chi connectivity index (χ4n) is 3.92. The number of ether oxygens (including phenoxy) is 7. The van der Waals surface area contributed by atoms with Crippen molar-refractivity contribution in [1.82, 2.24) is 5.32 Å². The highest BCUT2D eigenvalue weighted by atomic mass is 32.2. The van der Waals surface area contributed by atoms with Crippen LogP contribution in [0.4, 0.5) is 4.79 Å². The van der Waals surface area contributed by atoms with Crippen molar-refractivity contribution in [3.8, 4) is 0 Å². The van der Waals surface area contributed by atoms with Crippen LogP contribution in [-0.2, 0) is 63.7 Å². The van der Waals surface area contributed by atoms with Gasteiger partial charge >= 0.3 is 35.9 Å². The topological polar surface area (TPSA) is 179 Å². The monoisotopic (exact) mass is 613 g/mol. The number of amides is 1. The molecule has 1 fully saturated rings. The largest absolute Gasteiger partial charge is 0.467 e. The fourth-order valence-corrected chi connectivity index (χ4v) is 5.15. The fraction of sp³-hybridized carbons (Fsp3) is 0.556. The summed E-state index contributed by atoms with van der Waals surface area (Å²) in [7, 11) is 1.17. The summed E-state index contributed by atoms with van der Waals surface area (Å²) in [5.74, 6) is -3.47. The van der Waals surface area contributed by atoms with Gasteiger partial charge in [-0.25, -0.2) is 9.59 Å². The summed E-state index contributed by atoms with van der Waals surface area (Å²) in [5.41, 5.74) is -0.282. The van der Waals surface area contributed by atoms with E-state index in [4.69, 9.17) is 33.2 Å². The van der Waals surface area contributed by atoms with Crippen LogP contribution in [0, 0.1) is 0 Å². The number of hydrogen-bond donors (Lipinski definition) is 1. The Kier molecular flexibility index (Phi) is 14.1. The van der Waals surface area contributed by atoms with Gasteiger partial charge in [0.2, 0.25) is 0 Å². The van der Waals surface area contributed by atoms with Crippen LogP contribution in [0.1, 0.15) is 39.7 Å². The molecule has 14 nitrogen and oxygen atoms in total. The van der Waals surface area contributed by atoms with Gasteiger partial charge in [-0.3, -0.25) is 19.2 Å². The molecule has 0 unspecified atom stereocenters. The van der Waals surface area contributed by atoms with Gasteiger partial charge in [0.1, 0.15) is 30.8 Å². The normalized spacial score (nSPS) is 22.1. The summed E-state index contributed by atoms with van der Waals surface area (Å²) in [4.78, 5) is 72.0. The molecule has 232 valence electrons. The lowest BCUT2D eigenvalue weighted by atomic mass is 9.99. The second kappa shape index (κ2) is 17.2. The van der Waals surface area contributed by atoms with E-state index in [2.05, 4.69) is 5.32 Å². The second-order valence-corrected chi connectivity index (χ2v) is 10.2. The minimum absolute atomic E-state index is 0.0138. The first-order valence-corrected chi connectivity index (χ1v) is 13.9. The minimum atomic E-state index is -1.32. The number of alkyl carbamates (subject to hydrolysis) is 1. The molecule has 1 aliphatic heterocycles. The number of rotatable bonds is 13. The Morgan fingerprint density at radius 2 is 1.43 bits per heavy atom. The average Bonchev–Trinajstić information content (AvgIpc) is 2.92. The molecule has 1 N–H and O–H groups in total. The molecule has 1 aromatic carbocycles. The van der Waals surface area contributed by atoms with Crippen molar-refractivity contribution in [2.24, 2.45) is 0 Å². The van der Waals surface area contributed by atoms with Gasteiger partial charge in [0.05, 0.1) is 7.11 Å². The number of methoxy groups -OCH3 is 1. The summed E-state index contributed by atoms with van der Waals surface area (Å²) < 4.78 is 37.3. The van der Waals surface area contributed by atoms with E-state index in [1.54, 1.807) is 24.3 Å². The molecular formula is C27H35NO13S. The van der Waals surface area contributed by atoms with Crippen LogP contribution < -0.4 is 5.32 Å². The Bertz CT molecular complexity index is 1100. The van der Waals surface area contributed by atoms with E-state index in [0.29, 0.717) is 0 Å². The lowest BCUT2D eigenvalue weighted by molar-refractivity contribution is -0.237. The number of nitrogens with one attached hydrogen (secondary N) is 1. The van der Waals surface area contributed by atoms with Crippen molar-refractivity contribution in [3.63, 3.8) is 0 Å². The van der Waals surface area contributed by atoms with Gasteiger partial charge < -0.3 is 38.5 Å². The third-order valence-electron chi connectivity index (χ3n) is 5.63. The van der Waals surface area contributed by atoms with Crippen LogP contribution >= 0.6 is 11.8 Å². The SMILES string of the molecule is COC(=O)[C@H](CCS[C@@H]1O[C@H](COC(C)=O)[C@@H](OC(C)=O)[C@H](OC(C)=O)[C@H]1OC(C)=O)NC(=O)OCc1ccccc1. The maximum atomic E-state index is 12.4. The van der Waals surface area contributed by atoms with Gasteiger partial charge in [-0.05, 0) is 17.7 Å². The molecule has 1 heterocycles. The average molecular weight is 614 g/mol. The Morgan fingerprint density at radius 3 is 2.00 bits per heavy atom. The first-order valence-electron chi connectivity index (χ1n) is 12.9. The number of carbonyl (C=O) groups excluding carboxylic acids is 6. The molecule has 0 bridgehead atoms. The van der Waals surface area contributed by atoms with Crippen LogP contribution in [0.5, 0.6) is 0 Å². The summed E-state index contributed by atoms with van der Waals surface area (Å²) >= 11 is 1.06. The van der Waals surface area contributed by atoms with Crippen LogP contribution in [-0.4, -0.2) is 91.3 Å². The molecule has 1 saturated heterocycles. The van der Waals surface area contributed by atoms with E-state index in [1.807, 2.05) is 6.07 Å². The van der Waals surface area contributed by atoms with Gasteiger partial charge in [0.25, 0.3) is 0 Å². The molecule has 1 aliphatic rings. The number of hydrogen-bond acceptors (Lipinski definition) is 14. The summed E-state index contributed by atoms with van der Waals surface area (Å²) in [5, 5.41) is 2.46. The van der Waals surface area contributed by atoms with Gasteiger partial charge in [-0.1, -0.05) is 30.3 Å². The number of benzene rings is 1. The minimum Gasteiger partial charge on any atom is -0.467 e. The first kappa shape index (κ1) is 34.4. The van der Waals surface area contributed by atoms with Crippen LogP contribution in [0.2, 0.25) is 0 Å². The molecule has 6 atom stereocenters. The predicted molar refractivity (Wildman–Crippen MR) is 145 cm³/mol. The van der Waals surface area contributed by atoms with Gasteiger partial charge in [0, 0.05) is 27.7 Å². The molecule has 0 saturated carbocycles. The highest BCUT2D eigenvalue weighted by Crippen LogP contribution is 2.34. The third kappa shape index (κ3) is 11.6. The highest BCUT2D eigenvalue weighted by molar-refractivity contribution is 7.99. The van der Waals surface area contributed by atoms with Crippen LogP contribution in [0.15, 0.2) is 30.3 Å². The molecule has 0 aliphatic carbocycles. The Balaban J connectivity index is 2.19. The summed E-state index contributed by atoms with van der Waals surface area (Å²) in [6.07, 6.45) is -5.76. The summed E-state index contributed by atoms with van der Waals surface area (Å²) in [6, 6.07) is 7.85. The highest BCUT2D eigenvalue weighted by Gasteiger charge is 2.52. The van der Waals surface area contributed by atoms with Crippen LogP contribution in [0.25, 0.3) is 0 Å². The Labute approximate surface area is 247 Å². The molecule has 1 aromatic rings. The molecule has 42 heavy (non-hydrogen) atoms. The van der Waals surface area contributed by atoms with Crippen molar-refractivity contribution in [1.29, 1.82) is 0 Å². The lowest BCUT2D eigenvalue weighted by Crippen LogP contribution is -2.61. The van der Waals surface area contributed by atoms with E-state index in [-0.39, 0.29) is 25.4 Å². The maximum absolute atomic E-state index is 12.4. The van der Waals surface area contributed by atoms with E-state index in [0.717, 1.165) is 38.1 Å². The van der Waals surface area contributed by atoms with Crippen molar-refractivity contribution < 1.29 is 61.9 Å². The number of esters is 5. The lowest BCUT2D eigenvalue weighted by Gasteiger charge is -2.44. The van der Waals surface area contributed by atoms with Gasteiger partial charge in [-0.2, -0.15) is 0 Å². The van der Waals surface area contributed by atoms with Crippen molar-refractivity contribution >= 4 is 47.7 Å². The number of thioether (sulfide) groups is 1. The number of carbonyl (C=O) groups is 6. The molecule has 0 radical (unpaired) electrons. The Hall–Kier alpha value is -3.85.